The van der Waals surface area contributed by atoms with Gasteiger partial charge in [-0.05, 0) is 47.9 Å². The molecule has 0 spiro atoms. The molecule has 26 heavy (non-hydrogen) atoms. The highest BCUT2D eigenvalue weighted by molar-refractivity contribution is 7.99. The summed E-state index contributed by atoms with van der Waals surface area (Å²) in [7, 11) is 0. The summed E-state index contributed by atoms with van der Waals surface area (Å²) in [5.74, 6) is 1.63. The van der Waals surface area contributed by atoms with Gasteiger partial charge in [0.05, 0.1) is 4.88 Å². The predicted molar refractivity (Wildman–Crippen MR) is 101 cm³/mol. The standard InChI is InChI=1S/C18H18FN3O2S2/c19-13-4-6-14(7-5-13)25-12-2-10-20-16(23)8-9-17-21-18(22-24-17)15-3-1-11-26-15/h1,3-7,11H,2,8-10,12H2,(H,20,23). The number of carbonyl (C=O) groups excluding carboxylic acids is 1. The van der Waals surface area contributed by atoms with E-state index in [4.69, 9.17) is 4.52 Å². The number of halogens is 1. The van der Waals surface area contributed by atoms with E-state index < -0.39 is 0 Å². The Morgan fingerprint density at radius 2 is 2.12 bits per heavy atom. The first-order valence-electron chi connectivity index (χ1n) is 8.22. The molecule has 0 aliphatic rings. The Labute approximate surface area is 159 Å². The van der Waals surface area contributed by atoms with E-state index in [1.54, 1.807) is 35.2 Å². The van der Waals surface area contributed by atoms with E-state index >= 15 is 0 Å². The molecule has 0 bridgehead atoms. The molecule has 0 atom stereocenters. The number of nitrogens with zero attached hydrogens (tertiary/aromatic N) is 2. The molecular weight excluding hydrogens is 373 g/mol. The lowest BCUT2D eigenvalue weighted by atomic mass is 10.3. The summed E-state index contributed by atoms with van der Waals surface area (Å²) < 4.78 is 18.0. The lowest BCUT2D eigenvalue weighted by molar-refractivity contribution is -0.121. The van der Waals surface area contributed by atoms with E-state index in [2.05, 4.69) is 15.5 Å². The van der Waals surface area contributed by atoms with Crippen molar-refractivity contribution in [3.8, 4) is 10.7 Å². The molecule has 1 N–H and O–H groups in total. The van der Waals surface area contributed by atoms with Crippen LogP contribution in [0.25, 0.3) is 10.7 Å². The first-order valence-corrected chi connectivity index (χ1v) is 10.1. The van der Waals surface area contributed by atoms with E-state index in [1.807, 2.05) is 17.5 Å². The van der Waals surface area contributed by atoms with Crippen LogP contribution in [0.15, 0.2) is 51.2 Å². The minimum Gasteiger partial charge on any atom is -0.356 e. The number of aromatic nitrogens is 2. The molecule has 3 rings (SSSR count). The van der Waals surface area contributed by atoms with Crippen molar-refractivity contribution in [2.45, 2.75) is 24.2 Å². The van der Waals surface area contributed by atoms with Crippen LogP contribution in [0, 0.1) is 5.82 Å². The lowest BCUT2D eigenvalue weighted by Crippen LogP contribution is -2.25. The zero-order chi connectivity index (χ0) is 18.2. The van der Waals surface area contributed by atoms with Crippen LogP contribution in [-0.4, -0.2) is 28.3 Å². The maximum atomic E-state index is 12.8. The van der Waals surface area contributed by atoms with Gasteiger partial charge < -0.3 is 9.84 Å². The average molecular weight is 391 g/mol. The van der Waals surface area contributed by atoms with E-state index in [1.165, 1.54) is 12.1 Å². The molecule has 0 unspecified atom stereocenters. The molecule has 5 nitrogen and oxygen atoms in total. The van der Waals surface area contributed by atoms with Gasteiger partial charge in [-0.15, -0.1) is 23.1 Å². The van der Waals surface area contributed by atoms with Crippen LogP contribution in [-0.2, 0) is 11.2 Å². The van der Waals surface area contributed by atoms with Crippen molar-refractivity contribution in [2.75, 3.05) is 12.3 Å². The molecule has 0 radical (unpaired) electrons. The fourth-order valence-electron chi connectivity index (χ4n) is 2.19. The molecule has 0 aliphatic carbocycles. The summed E-state index contributed by atoms with van der Waals surface area (Å²) in [5, 5.41) is 8.76. The number of nitrogens with one attached hydrogen (secondary N) is 1. The van der Waals surface area contributed by atoms with Gasteiger partial charge in [-0.3, -0.25) is 4.79 Å². The average Bonchev–Trinajstić information content (AvgIpc) is 3.33. The Morgan fingerprint density at radius 3 is 2.88 bits per heavy atom. The zero-order valence-electron chi connectivity index (χ0n) is 14.0. The third-order valence-corrected chi connectivity index (χ3v) is 5.47. The van der Waals surface area contributed by atoms with E-state index in [9.17, 15) is 9.18 Å². The van der Waals surface area contributed by atoms with Gasteiger partial charge in [0.2, 0.25) is 17.6 Å². The van der Waals surface area contributed by atoms with Crippen molar-refractivity contribution in [3.05, 3.63) is 53.5 Å². The maximum Gasteiger partial charge on any atom is 0.227 e. The second-order valence-electron chi connectivity index (χ2n) is 5.49. The zero-order valence-corrected chi connectivity index (χ0v) is 15.6. The summed E-state index contributed by atoms with van der Waals surface area (Å²) in [6.07, 6.45) is 1.59. The fourth-order valence-corrected chi connectivity index (χ4v) is 3.69. The van der Waals surface area contributed by atoms with Crippen LogP contribution >= 0.6 is 23.1 Å². The molecule has 0 fully saturated rings. The van der Waals surface area contributed by atoms with Gasteiger partial charge >= 0.3 is 0 Å². The number of aryl methyl sites for hydroxylation is 1. The highest BCUT2D eigenvalue weighted by atomic mass is 32.2. The highest BCUT2D eigenvalue weighted by Crippen LogP contribution is 2.21. The van der Waals surface area contributed by atoms with Crippen molar-refractivity contribution in [1.29, 1.82) is 0 Å². The van der Waals surface area contributed by atoms with Gasteiger partial charge in [-0.2, -0.15) is 4.98 Å². The van der Waals surface area contributed by atoms with Crippen molar-refractivity contribution in [3.63, 3.8) is 0 Å². The quantitative estimate of drug-likeness (QED) is 0.438. The van der Waals surface area contributed by atoms with Crippen molar-refractivity contribution in [1.82, 2.24) is 15.5 Å². The molecule has 1 amide bonds. The van der Waals surface area contributed by atoms with E-state index in [-0.39, 0.29) is 11.7 Å². The van der Waals surface area contributed by atoms with Crippen molar-refractivity contribution >= 4 is 29.0 Å². The molecule has 3 aromatic rings. The SMILES string of the molecule is O=C(CCc1nc(-c2cccs2)no1)NCCCSc1ccc(F)cc1. The van der Waals surface area contributed by atoms with Crippen LogP contribution in [0.2, 0.25) is 0 Å². The molecule has 0 saturated heterocycles. The Balaban J connectivity index is 1.30. The first-order chi connectivity index (χ1) is 12.7. The largest absolute Gasteiger partial charge is 0.356 e. The van der Waals surface area contributed by atoms with E-state index in [0.29, 0.717) is 31.1 Å². The van der Waals surface area contributed by atoms with Gasteiger partial charge in [-0.25, -0.2) is 4.39 Å². The molecule has 8 heteroatoms. The maximum absolute atomic E-state index is 12.8. The first kappa shape index (κ1) is 18.6. The number of thioether (sulfide) groups is 1. The summed E-state index contributed by atoms with van der Waals surface area (Å²) >= 11 is 3.19. The second-order valence-corrected chi connectivity index (χ2v) is 7.61. The third kappa shape index (κ3) is 5.67. The highest BCUT2D eigenvalue weighted by Gasteiger charge is 2.11. The van der Waals surface area contributed by atoms with Crippen molar-refractivity contribution < 1.29 is 13.7 Å². The van der Waals surface area contributed by atoms with Gasteiger partial charge in [0.1, 0.15) is 5.82 Å². The Hall–Kier alpha value is -2.19. The monoisotopic (exact) mass is 391 g/mol. The molecule has 136 valence electrons. The Morgan fingerprint density at radius 1 is 1.27 bits per heavy atom. The summed E-state index contributed by atoms with van der Waals surface area (Å²) in [5.41, 5.74) is 0. The van der Waals surface area contributed by atoms with Crippen molar-refractivity contribution in [2.24, 2.45) is 0 Å². The molecule has 2 heterocycles. The lowest BCUT2D eigenvalue weighted by Gasteiger charge is -2.04. The summed E-state index contributed by atoms with van der Waals surface area (Å²) in [4.78, 5) is 18.1. The number of benzene rings is 1. The topological polar surface area (TPSA) is 68.0 Å². The second kappa shape index (κ2) is 9.49. The predicted octanol–water partition coefficient (Wildman–Crippen LogP) is 4.17. The molecule has 0 aliphatic heterocycles. The van der Waals surface area contributed by atoms with Gasteiger partial charge in [0.25, 0.3) is 0 Å². The number of thiophene rings is 1. The van der Waals surface area contributed by atoms with E-state index in [0.717, 1.165) is 21.9 Å². The van der Waals surface area contributed by atoms with Gasteiger partial charge in [0.15, 0.2) is 0 Å². The number of hydrogen-bond acceptors (Lipinski definition) is 6. The van der Waals surface area contributed by atoms with Gasteiger partial charge in [-0.1, -0.05) is 11.2 Å². The number of hydrogen-bond donors (Lipinski definition) is 1. The van der Waals surface area contributed by atoms with Crippen LogP contribution in [0.1, 0.15) is 18.7 Å². The molecule has 0 saturated carbocycles. The Bertz CT molecular complexity index is 819. The summed E-state index contributed by atoms with van der Waals surface area (Å²) in [6, 6.07) is 10.3. The normalized spacial score (nSPS) is 10.8. The number of amides is 1. The van der Waals surface area contributed by atoms with Gasteiger partial charge in [0, 0.05) is 24.3 Å². The molecular formula is C18H18FN3O2S2. The van der Waals surface area contributed by atoms with Crippen LogP contribution in [0.4, 0.5) is 4.39 Å². The number of carbonyl (C=O) groups is 1. The smallest absolute Gasteiger partial charge is 0.227 e. The number of rotatable bonds is 9. The minimum atomic E-state index is -0.231. The minimum absolute atomic E-state index is 0.0346. The van der Waals surface area contributed by atoms with Crippen LogP contribution in [0.5, 0.6) is 0 Å². The fraction of sp³-hybridized carbons (Fsp3) is 0.278. The van der Waals surface area contributed by atoms with Crippen LogP contribution in [0.3, 0.4) is 0 Å². The Kier molecular flexibility index (Phi) is 6.79. The molecule has 1 aromatic carbocycles. The third-order valence-electron chi connectivity index (χ3n) is 3.50. The molecule has 2 aromatic heterocycles. The summed E-state index contributed by atoms with van der Waals surface area (Å²) in [6.45, 7) is 0.608. The van der Waals surface area contributed by atoms with Crippen LogP contribution < -0.4 is 5.32 Å².